The Labute approximate surface area is 160 Å². The molecular formula is C20H19N3O3S. The van der Waals surface area contributed by atoms with E-state index in [0.717, 1.165) is 16.1 Å². The van der Waals surface area contributed by atoms with E-state index >= 15 is 0 Å². The van der Waals surface area contributed by atoms with Crippen LogP contribution < -0.4 is 29.3 Å². The molecule has 0 bridgehead atoms. The number of benzene rings is 2. The number of anilines is 1. The van der Waals surface area contributed by atoms with Crippen LogP contribution >= 0.6 is 11.3 Å². The molecule has 2 heterocycles. The van der Waals surface area contributed by atoms with Crippen molar-refractivity contribution in [2.45, 2.75) is 6.67 Å². The number of methoxy groups -OCH3 is 2. The Kier molecular flexibility index (Phi) is 4.68. The van der Waals surface area contributed by atoms with E-state index in [1.54, 1.807) is 18.8 Å². The molecule has 0 saturated heterocycles. The molecule has 0 amide bonds. The standard InChI is InChI=1S/C20H19N3O3S/c1-25-16-9-8-14(10-17(16)26-2)11-18-19(24)23-13-22(12-21-20(23)27-18)15-6-4-3-5-7-15/h3-11H,12-13H2,1-2H3. The van der Waals surface area contributed by atoms with Crippen LogP contribution in [0.3, 0.4) is 0 Å². The summed E-state index contributed by atoms with van der Waals surface area (Å²) in [6.45, 7) is 1.04. The molecule has 0 spiro atoms. The van der Waals surface area contributed by atoms with Gasteiger partial charge in [0.15, 0.2) is 16.3 Å². The number of thiazole rings is 1. The van der Waals surface area contributed by atoms with E-state index in [2.05, 4.69) is 9.89 Å². The highest BCUT2D eigenvalue weighted by molar-refractivity contribution is 7.07. The van der Waals surface area contributed by atoms with Crippen LogP contribution in [0, 0.1) is 0 Å². The number of hydrogen-bond acceptors (Lipinski definition) is 6. The van der Waals surface area contributed by atoms with Crippen LogP contribution in [0.1, 0.15) is 5.56 Å². The number of ether oxygens (including phenoxy) is 2. The molecule has 0 unspecified atom stereocenters. The molecule has 0 N–H and O–H groups in total. The molecule has 0 fully saturated rings. The summed E-state index contributed by atoms with van der Waals surface area (Å²) >= 11 is 1.41. The van der Waals surface area contributed by atoms with Gasteiger partial charge >= 0.3 is 0 Å². The molecule has 27 heavy (non-hydrogen) atoms. The van der Waals surface area contributed by atoms with Crippen LogP contribution in [-0.4, -0.2) is 25.5 Å². The summed E-state index contributed by atoms with van der Waals surface area (Å²) in [7, 11) is 3.19. The Balaban J connectivity index is 1.71. The molecule has 0 atom stereocenters. The molecule has 1 aromatic heterocycles. The van der Waals surface area contributed by atoms with Crippen molar-refractivity contribution in [2.24, 2.45) is 4.99 Å². The fourth-order valence-corrected chi connectivity index (χ4v) is 3.97. The van der Waals surface area contributed by atoms with Crippen LogP contribution in [0.5, 0.6) is 11.5 Å². The van der Waals surface area contributed by atoms with Gasteiger partial charge in [-0.2, -0.15) is 0 Å². The number of nitrogens with zero attached hydrogens (tertiary/aromatic N) is 3. The molecule has 0 aliphatic carbocycles. The molecule has 2 aromatic carbocycles. The second kappa shape index (κ2) is 7.28. The summed E-state index contributed by atoms with van der Waals surface area (Å²) < 4.78 is 13.0. The van der Waals surface area contributed by atoms with Gasteiger partial charge in [-0.3, -0.25) is 9.36 Å². The van der Waals surface area contributed by atoms with Crippen molar-refractivity contribution >= 4 is 23.1 Å². The largest absolute Gasteiger partial charge is 0.493 e. The Bertz CT molecular complexity index is 1140. The van der Waals surface area contributed by atoms with Crippen molar-refractivity contribution < 1.29 is 9.47 Å². The first-order valence-electron chi connectivity index (χ1n) is 8.47. The van der Waals surface area contributed by atoms with Crippen molar-refractivity contribution in [3.63, 3.8) is 0 Å². The maximum atomic E-state index is 12.9. The summed E-state index contributed by atoms with van der Waals surface area (Å²) in [4.78, 5) is 20.3. The van der Waals surface area contributed by atoms with E-state index < -0.39 is 0 Å². The van der Waals surface area contributed by atoms with Gasteiger partial charge < -0.3 is 14.4 Å². The predicted octanol–water partition coefficient (Wildman–Crippen LogP) is 1.81. The van der Waals surface area contributed by atoms with Gasteiger partial charge in [0.05, 0.1) is 18.8 Å². The third-order valence-electron chi connectivity index (χ3n) is 4.40. The fraction of sp³-hybridized carbons (Fsp3) is 0.200. The molecule has 1 aliphatic rings. The lowest BCUT2D eigenvalue weighted by atomic mass is 10.2. The lowest BCUT2D eigenvalue weighted by molar-refractivity contribution is 0.355. The SMILES string of the molecule is COc1ccc(C=c2sc3n(c2=O)CN(c2ccccc2)CN=3)cc1OC. The van der Waals surface area contributed by atoms with Crippen molar-refractivity contribution in [3.05, 3.63) is 73.8 Å². The zero-order valence-electron chi connectivity index (χ0n) is 15.1. The molecule has 0 saturated carbocycles. The lowest BCUT2D eigenvalue weighted by Crippen LogP contribution is -2.42. The minimum absolute atomic E-state index is 0.0332. The summed E-state index contributed by atoms with van der Waals surface area (Å²) in [5.41, 5.74) is 1.90. The number of fused-ring (bicyclic) bond motifs is 1. The third-order valence-corrected chi connectivity index (χ3v) is 5.45. The Morgan fingerprint density at radius 3 is 2.59 bits per heavy atom. The van der Waals surface area contributed by atoms with Crippen molar-refractivity contribution in [3.8, 4) is 11.5 Å². The van der Waals surface area contributed by atoms with Crippen LogP contribution in [0.15, 0.2) is 58.3 Å². The number of aromatic nitrogens is 1. The molecule has 138 valence electrons. The van der Waals surface area contributed by atoms with Gasteiger partial charge in [-0.15, -0.1) is 0 Å². The van der Waals surface area contributed by atoms with Gasteiger partial charge in [-0.1, -0.05) is 35.6 Å². The fourth-order valence-electron chi connectivity index (χ4n) is 3.01. The molecule has 3 aromatic rings. The first-order chi connectivity index (χ1) is 13.2. The molecule has 4 rings (SSSR count). The van der Waals surface area contributed by atoms with Gasteiger partial charge in [-0.25, -0.2) is 4.99 Å². The van der Waals surface area contributed by atoms with Crippen LogP contribution in [-0.2, 0) is 6.67 Å². The Morgan fingerprint density at radius 2 is 1.85 bits per heavy atom. The van der Waals surface area contributed by atoms with Gasteiger partial charge in [-0.05, 0) is 35.9 Å². The summed E-state index contributed by atoms with van der Waals surface area (Å²) in [6.07, 6.45) is 1.86. The van der Waals surface area contributed by atoms with E-state index in [4.69, 9.17) is 9.47 Å². The first-order valence-corrected chi connectivity index (χ1v) is 9.29. The average molecular weight is 381 g/mol. The van der Waals surface area contributed by atoms with Crippen LogP contribution in [0.2, 0.25) is 0 Å². The second-order valence-corrected chi connectivity index (χ2v) is 7.07. The van der Waals surface area contributed by atoms with Gasteiger partial charge in [0, 0.05) is 5.69 Å². The highest BCUT2D eigenvalue weighted by Crippen LogP contribution is 2.27. The maximum absolute atomic E-state index is 12.9. The normalized spacial score (nSPS) is 13.9. The Morgan fingerprint density at radius 1 is 1.07 bits per heavy atom. The highest BCUT2D eigenvalue weighted by Gasteiger charge is 2.15. The number of para-hydroxylation sites is 1. The highest BCUT2D eigenvalue weighted by atomic mass is 32.1. The van der Waals surface area contributed by atoms with Gasteiger partial charge in [0.2, 0.25) is 0 Å². The quantitative estimate of drug-likeness (QED) is 0.692. The summed E-state index contributed by atoms with van der Waals surface area (Å²) in [5, 5.41) is 0. The number of hydrogen-bond donors (Lipinski definition) is 0. The van der Waals surface area contributed by atoms with Crippen molar-refractivity contribution in [2.75, 3.05) is 25.8 Å². The molecule has 7 heteroatoms. The average Bonchev–Trinajstić information content (AvgIpc) is 3.03. The molecule has 1 aliphatic heterocycles. The second-order valence-electron chi connectivity index (χ2n) is 6.06. The minimum Gasteiger partial charge on any atom is -0.493 e. The van der Waals surface area contributed by atoms with Gasteiger partial charge in [0.25, 0.3) is 5.56 Å². The van der Waals surface area contributed by atoms with Crippen LogP contribution in [0.4, 0.5) is 5.69 Å². The lowest BCUT2D eigenvalue weighted by Gasteiger charge is -2.25. The maximum Gasteiger partial charge on any atom is 0.271 e. The summed E-state index contributed by atoms with van der Waals surface area (Å²) in [6, 6.07) is 15.6. The minimum atomic E-state index is -0.0332. The Hall–Kier alpha value is -3.06. The van der Waals surface area contributed by atoms with Crippen molar-refractivity contribution in [1.82, 2.24) is 4.57 Å². The first kappa shape index (κ1) is 17.4. The topological polar surface area (TPSA) is 56.1 Å². The van der Waals surface area contributed by atoms with E-state index in [1.165, 1.54) is 11.3 Å². The molecular weight excluding hydrogens is 362 g/mol. The van der Waals surface area contributed by atoms with E-state index in [9.17, 15) is 4.79 Å². The number of rotatable bonds is 4. The van der Waals surface area contributed by atoms with Crippen molar-refractivity contribution in [1.29, 1.82) is 0 Å². The monoisotopic (exact) mass is 381 g/mol. The third kappa shape index (κ3) is 3.33. The zero-order valence-corrected chi connectivity index (χ0v) is 15.9. The van der Waals surface area contributed by atoms with E-state index in [-0.39, 0.29) is 5.56 Å². The smallest absolute Gasteiger partial charge is 0.271 e. The predicted molar refractivity (Wildman–Crippen MR) is 106 cm³/mol. The zero-order chi connectivity index (χ0) is 18.8. The van der Waals surface area contributed by atoms with E-state index in [0.29, 0.717) is 29.4 Å². The van der Waals surface area contributed by atoms with E-state index in [1.807, 2.05) is 54.6 Å². The molecule has 0 radical (unpaired) electrons. The summed E-state index contributed by atoms with van der Waals surface area (Å²) in [5.74, 6) is 1.29. The van der Waals surface area contributed by atoms with Gasteiger partial charge in [0.1, 0.15) is 13.3 Å². The van der Waals surface area contributed by atoms with Crippen LogP contribution in [0.25, 0.3) is 6.08 Å². The molecule has 6 nitrogen and oxygen atoms in total.